The summed E-state index contributed by atoms with van der Waals surface area (Å²) < 4.78 is 10.4. The highest BCUT2D eigenvalue weighted by atomic mass is 16.5. The number of hydrogen-bond donors (Lipinski definition) is 2. The molecule has 2 N–H and O–H groups in total. The summed E-state index contributed by atoms with van der Waals surface area (Å²) in [7, 11) is 1.67. The molecule has 1 rings (SSSR count). The molecule has 1 fully saturated rings. The second kappa shape index (κ2) is 8.45. The molecule has 1 aliphatic rings. The Bertz CT molecular complexity index is 248. The first-order valence-corrected chi connectivity index (χ1v) is 6.79. The van der Waals surface area contributed by atoms with Gasteiger partial charge in [-0.15, -0.1) is 0 Å². The van der Waals surface area contributed by atoms with E-state index in [4.69, 9.17) is 9.47 Å². The van der Waals surface area contributed by atoms with Gasteiger partial charge in [0.25, 0.3) is 0 Å². The highest BCUT2D eigenvalue weighted by Crippen LogP contribution is 2.14. The van der Waals surface area contributed by atoms with Gasteiger partial charge < -0.3 is 20.1 Å². The lowest BCUT2D eigenvalue weighted by Gasteiger charge is -2.21. The standard InChI is InChI=1S/C13H26N2O3/c1-4-6-14-12-9-18-8-11(12)13(16)15-10(2)5-7-17-3/h10-12,14H,4-9H2,1-3H3,(H,15,16). The van der Waals surface area contributed by atoms with Crippen LogP contribution in [0.3, 0.4) is 0 Å². The van der Waals surface area contributed by atoms with Crippen molar-refractivity contribution in [2.24, 2.45) is 5.92 Å². The third-order valence-electron chi connectivity index (χ3n) is 3.22. The van der Waals surface area contributed by atoms with E-state index in [-0.39, 0.29) is 23.9 Å². The molecule has 3 atom stereocenters. The normalized spacial score (nSPS) is 25.1. The zero-order valence-corrected chi connectivity index (χ0v) is 11.7. The average Bonchev–Trinajstić information content (AvgIpc) is 2.82. The summed E-state index contributed by atoms with van der Waals surface area (Å²) in [5.74, 6) is 0.0197. The lowest BCUT2D eigenvalue weighted by atomic mass is 10.0. The van der Waals surface area contributed by atoms with Crippen LogP contribution in [0.5, 0.6) is 0 Å². The molecular formula is C13H26N2O3. The van der Waals surface area contributed by atoms with Crippen molar-refractivity contribution in [3.63, 3.8) is 0 Å². The number of rotatable bonds is 8. The number of carbonyl (C=O) groups is 1. The topological polar surface area (TPSA) is 59.6 Å². The Labute approximate surface area is 110 Å². The number of nitrogens with one attached hydrogen (secondary N) is 2. The van der Waals surface area contributed by atoms with Crippen LogP contribution in [0.25, 0.3) is 0 Å². The lowest BCUT2D eigenvalue weighted by Crippen LogP contribution is -2.46. The second-order valence-corrected chi connectivity index (χ2v) is 4.90. The average molecular weight is 258 g/mol. The Morgan fingerprint density at radius 3 is 2.94 bits per heavy atom. The number of ether oxygens (including phenoxy) is 2. The molecule has 18 heavy (non-hydrogen) atoms. The predicted octanol–water partition coefficient (Wildman–Crippen LogP) is 0.542. The third-order valence-corrected chi connectivity index (χ3v) is 3.22. The van der Waals surface area contributed by atoms with E-state index in [0.29, 0.717) is 19.8 Å². The largest absolute Gasteiger partial charge is 0.385 e. The molecule has 5 heteroatoms. The van der Waals surface area contributed by atoms with E-state index in [0.717, 1.165) is 19.4 Å². The molecule has 0 radical (unpaired) electrons. The van der Waals surface area contributed by atoms with Gasteiger partial charge in [-0.1, -0.05) is 6.92 Å². The van der Waals surface area contributed by atoms with Gasteiger partial charge in [0.1, 0.15) is 0 Å². The SMILES string of the molecule is CCCNC1COCC1C(=O)NC(C)CCOC. The van der Waals surface area contributed by atoms with E-state index in [1.807, 2.05) is 6.92 Å². The number of amides is 1. The van der Waals surface area contributed by atoms with Crippen LogP contribution in [0.4, 0.5) is 0 Å². The van der Waals surface area contributed by atoms with E-state index >= 15 is 0 Å². The van der Waals surface area contributed by atoms with Gasteiger partial charge in [-0.05, 0) is 26.3 Å². The number of methoxy groups -OCH3 is 1. The molecule has 0 saturated carbocycles. The van der Waals surface area contributed by atoms with Crippen molar-refractivity contribution in [2.75, 3.05) is 33.5 Å². The van der Waals surface area contributed by atoms with Gasteiger partial charge >= 0.3 is 0 Å². The second-order valence-electron chi connectivity index (χ2n) is 4.90. The molecule has 0 aromatic heterocycles. The molecule has 0 spiro atoms. The summed E-state index contributed by atoms with van der Waals surface area (Å²) in [4.78, 5) is 12.1. The highest BCUT2D eigenvalue weighted by molar-refractivity contribution is 5.80. The van der Waals surface area contributed by atoms with Gasteiger partial charge in [-0.3, -0.25) is 4.79 Å². The molecule has 1 aliphatic heterocycles. The van der Waals surface area contributed by atoms with Crippen molar-refractivity contribution in [1.29, 1.82) is 0 Å². The first-order valence-electron chi connectivity index (χ1n) is 6.79. The first-order chi connectivity index (χ1) is 8.69. The minimum Gasteiger partial charge on any atom is -0.385 e. The molecule has 1 heterocycles. The van der Waals surface area contributed by atoms with Crippen molar-refractivity contribution < 1.29 is 14.3 Å². The summed E-state index contributed by atoms with van der Waals surface area (Å²) in [6, 6.07) is 0.296. The van der Waals surface area contributed by atoms with Crippen molar-refractivity contribution in [3.05, 3.63) is 0 Å². The van der Waals surface area contributed by atoms with Crippen LogP contribution in [0.2, 0.25) is 0 Å². The van der Waals surface area contributed by atoms with Crippen LogP contribution < -0.4 is 10.6 Å². The minimum absolute atomic E-state index is 0.0680. The molecule has 0 bridgehead atoms. The molecule has 3 unspecified atom stereocenters. The molecular weight excluding hydrogens is 232 g/mol. The van der Waals surface area contributed by atoms with Crippen LogP contribution in [0.15, 0.2) is 0 Å². The van der Waals surface area contributed by atoms with Crippen molar-refractivity contribution in [1.82, 2.24) is 10.6 Å². The third kappa shape index (κ3) is 4.92. The Morgan fingerprint density at radius 1 is 1.50 bits per heavy atom. The lowest BCUT2D eigenvalue weighted by molar-refractivity contribution is -0.126. The maximum Gasteiger partial charge on any atom is 0.227 e. The van der Waals surface area contributed by atoms with Gasteiger partial charge in [0.2, 0.25) is 5.91 Å². The summed E-state index contributed by atoms with van der Waals surface area (Å²) >= 11 is 0. The monoisotopic (exact) mass is 258 g/mol. The van der Waals surface area contributed by atoms with Crippen LogP contribution >= 0.6 is 0 Å². The van der Waals surface area contributed by atoms with Gasteiger partial charge in [-0.25, -0.2) is 0 Å². The van der Waals surface area contributed by atoms with Crippen molar-refractivity contribution in [3.8, 4) is 0 Å². The first kappa shape index (κ1) is 15.4. The fourth-order valence-corrected chi connectivity index (χ4v) is 2.06. The maximum absolute atomic E-state index is 12.1. The van der Waals surface area contributed by atoms with Crippen molar-refractivity contribution in [2.45, 2.75) is 38.8 Å². The van der Waals surface area contributed by atoms with E-state index in [2.05, 4.69) is 17.6 Å². The van der Waals surface area contributed by atoms with Gasteiger partial charge in [0.05, 0.1) is 19.1 Å². The summed E-state index contributed by atoms with van der Waals surface area (Å²) in [5, 5.41) is 6.39. The quantitative estimate of drug-likeness (QED) is 0.667. The molecule has 1 saturated heterocycles. The van der Waals surface area contributed by atoms with E-state index in [9.17, 15) is 4.79 Å². The van der Waals surface area contributed by atoms with E-state index in [1.165, 1.54) is 0 Å². The Kier molecular flexibility index (Phi) is 7.23. The maximum atomic E-state index is 12.1. The smallest absolute Gasteiger partial charge is 0.227 e. The molecule has 0 aromatic carbocycles. The molecule has 106 valence electrons. The summed E-state index contributed by atoms with van der Waals surface area (Å²) in [5.41, 5.74) is 0. The van der Waals surface area contributed by atoms with Crippen LogP contribution in [0.1, 0.15) is 26.7 Å². The van der Waals surface area contributed by atoms with Crippen molar-refractivity contribution >= 4 is 5.91 Å². The summed E-state index contributed by atoms with van der Waals surface area (Å²) in [6.07, 6.45) is 1.90. The fraction of sp³-hybridized carbons (Fsp3) is 0.923. The Hall–Kier alpha value is -0.650. The fourth-order valence-electron chi connectivity index (χ4n) is 2.06. The van der Waals surface area contributed by atoms with Gasteiger partial charge in [-0.2, -0.15) is 0 Å². The molecule has 0 aliphatic carbocycles. The minimum atomic E-state index is -0.0680. The Morgan fingerprint density at radius 2 is 2.28 bits per heavy atom. The molecule has 1 amide bonds. The number of hydrogen-bond acceptors (Lipinski definition) is 4. The van der Waals surface area contributed by atoms with E-state index < -0.39 is 0 Å². The number of carbonyl (C=O) groups excluding carboxylic acids is 1. The highest BCUT2D eigenvalue weighted by Gasteiger charge is 2.33. The van der Waals surface area contributed by atoms with Crippen LogP contribution in [0, 0.1) is 5.92 Å². The molecule has 5 nitrogen and oxygen atoms in total. The zero-order valence-electron chi connectivity index (χ0n) is 11.7. The Balaban J connectivity index is 2.34. The van der Waals surface area contributed by atoms with E-state index in [1.54, 1.807) is 7.11 Å². The molecule has 0 aromatic rings. The summed E-state index contributed by atoms with van der Waals surface area (Å²) in [6.45, 7) is 6.86. The van der Waals surface area contributed by atoms with Gasteiger partial charge in [0, 0.05) is 25.8 Å². The van der Waals surface area contributed by atoms with Crippen LogP contribution in [-0.4, -0.2) is 51.5 Å². The predicted molar refractivity (Wildman–Crippen MR) is 70.5 cm³/mol. The van der Waals surface area contributed by atoms with Crippen LogP contribution in [-0.2, 0) is 14.3 Å². The van der Waals surface area contributed by atoms with Gasteiger partial charge in [0.15, 0.2) is 0 Å². The zero-order chi connectivity index (χ0) is 13.4.